The van der Waals surface area contributed by atoms with Crippen molar-refractivity contribution in [2.75, 3.05) is 11.5 Å². The highest BCUT2D eigenvalue weighted by Gasteiger charge is 2.48. The zero-order chi connectivity index (χ0) is 24.7. The number of aromatic nitrogens is 1. The van der Waals surface area contributed by atoms with Crippen molar-refractivity contribution >= 4 is 44.1 Å². The SMILES string of the molecule is CCOc1ccc(/C(O)=C2\C(=O)C(=O)N(c3nc4ccc(F)cc4s3)C2c2ccc(O)cc2)cc1. The number of nitrogens with zero attached hydrogens (tertiary/aromatic N) is 2. The van der Waals surface area contributed by atoms with E-state index in [0.717, 1.165) is 11.3 Å². The number of Topliss-reactive ketones (excluding diaryl/α,β-unsaturated/α-hetero) is 1. The van der Waals surface area contributed by atoms with Gasteiger partial charge in [-0.3, -0.25) is 14.5 Å². The number of rotatable bonds is 5. The summed E-state index contributed by atoms with van der Waals surface area (Å²) in [6.45, 7) is 2.33. The minimum absolute atomic E-state index is 0.00711. The van der Waals surface area contributed by atoms with Crippen LogP contribution in [0.15, 0.2) is 72.3 Å². The lowest BCUT2D eigenvalue weighted by molar-refractivity contribution is -0.132. The van der Waals surface area contributed by atoms with Crippen LogP contribution in [0.1, 0.15) is 24.1 Å². The highest BCUT2D eigenvalue weighted by Crippen LogP contribution is 2.44. The van der Waals surface area contributed by atoms with E-state index < -0.39 is 23.5 Å². The standard InChI is InChI=1S/C26H19FN2O5S/c1-2-34-18-10-5-15(6-11-18)23(31)21-22(14-3-8-17(30)9-4-14)29(25(33)24(21)32)26-28-19-12-7-16(27)13-20(19)35-26/h3-13,22,30-31H,2H2,1H3/b23-21+. The highest BCUT2D eigenvalue weighted by molar-refractivity contribution is 7.22. The van der Waals surface area contributed by atoms with Crippen molar-refractivity contribution in [3.63, 3.8) is 0 Å². The molecule has 1 aliphatic rings. The number of aliphatic hydroxyl groups excluding tert-OH is 1. The van der Waals surface area contributed by atoms with Gasteiger partial charge in [0.05, 0.1) is 28.4 Å². The summed E-state index contributed by atoms with van der Waals surface area (Å²) in [7, 11) is 0. The molecule has 4 aromatic rings. The van der Waals surface area contributed by atoms with Gasteiger partial charge in [0, 0.05) is 5.56 Å². The van der Waals surface area contributed by atoms with Crippen LogP contribution in [-0.2, 0) is 9.59 Å². The molecule has 1 unspecified atom stereocenters. The second kappa shape index (κ2) is 8.84. The van der Waals surface area contributed by atoms with Crippen molar-refractivity contribution in [1.29, 1.82) is 0 Å². The van der Waals surface area contributed by atoms with Crippen molar-refractivity contribution in [3.8, 4) is 11.5 Å². The van der Waals surface area contributed by atoms with E-state index in [1.807, 2.05) is 6.92 Å². The number of halogens is 1. The Kier molecular flexibility index (Phi) is 5.70. The number of thiazole rings is 1. The summed E-state index contributed by atoms with van der Waals surface area (Å²) < 4.78 is 19.7. The molecule has 2 heterocycles. The lowest BCUT2D eigenvalue weighted by atomic mass is 9.95. The first-order chi connectivity index (χ1) is 16.9. The van der Waals surface area contributed by atoms with E-state index in [1.165, 1.54) is 35.2 Å². The van der Waals surface area contributed by atoms with Gasteiger partial charge >= 0.3 is 5.91 Å². The van der Waals surface area contributed by atoms with Gasteiger partial charge in [-0.15, -0.1) is 0 Å². The maximum Gasteiger partial charge on any atom is 0.301 e. The van der Waals surface area contributed by atoms with Crippen LogP contribution in [0.3, 0.4) is 0 Å². The third-order valence-corrected chi connectivity index (χ3v) is 6.65. The number of ether oxygens (including phenoxy) is 1. The summed E-state index contributed by atoms with van der Waals surface area (Å²) in [6, 6.07) is 15.6. The Morgan fingerprint density at radius 2 is 1.80 bits per heavy atom. The molecule has 0 radical (unpaired) electrons. The summed E-state index contributed by atoms with van der Waals surface area (Å²) in [5, 5.41) is 21.1. The molecular weight excluding hydrogens is 471 g/mol. The molecule has 0 saturated carbocycles. The fraction of sp³-hybridized carbons (Fsp3) is 0.115. The number of anilines is 1. The number of phenolic OH excluding ortho intramolecular Hbond substituents is 1. The molecule has 0 bridgehead atoms. The third-order valence-electron chi connectivity index (χ3n) is 5.64. The van der Waals surface area contributed by atoms with Gasteiger partial charge in [0.25, 0.3) is 5.78 Å². The summed E-state index contributed by atoms with van der Waals surface area (Å²) in [6.07, 6.45) is 0. The molecule has 9 heteroatoms. The van der Waals surface area contributed by atoms with Gasteiger partial charge in [-0.1, -0.05) is 23.5 Å². The number of benzene rings is 3. The Bertz CT molecular complexity index is 1480. The van der Waals surface area contributed by atoms with Crippen molar-refractivity contribution in [3.05, 3.63) is 89.2 Å². The van der Waals surface area contributed by atoms with Gasteiger partial charge in [0.2, 0.25) is 0 Å². The van der Waals surface area contributed by atoms with E-state index in [2.05, 4.69) is 4.98 Å². The lowest BCUT2D eigenvalue weighted by Crippen LogP contribution is -2.29. The maximum absolute atomic E-state index is 13.7. The molecule has 1 aromatic heterocycles. The topological polar surface area (TPSA) is 100.0 Å². The highest BCUT2D eigenvalue weighted by atomic mass is 32.1. The summed E-state index contributed by atoms with van der Waals surface area (Å²) in [4.78, 5) is 32.1. The van der Waals surface area contributed by atoms with Crippen molar-refractivity contribution in [2.45, 2.75) is 13.0 Å². The smallest absolute Gasteiger partial charge is 0.301 e. The molecule has 1 amide bonds. The number of carbonyl (C=O) groups excluding carboxylic acids is 2. The van der Waals surface area contributed by atoms with Crippen LogP contribution in [0, 0.1) is 5.82 Å². The molecule has 1 aliphatic heterocycles. The number of hydrogen-bond donors (Lipinski definition) is 2. The Morgan fingerprint density at radius 3 is 2.49 bits per heavy atom. The summed E-state index contributed by atoms with van der Waals surface area (Å²) in [5.74, 6) is -1.93. The van der Waals surface area contributed by atoms with Crippen LogP contribution in [-0.4, -0.2) is 33.5 Å². The van der Waals surface area contributed by atoms with Gasteiger partial charge < -0.3 is 14.9 Å². The lowest BCUT2D eigenvalue weighted by Gasteiger charge is -2.23. The molecule has 2 N–H and O–H groups in total. The largest absolute Gasteiger partial charge is 0.508 e. The average Bonchev–Trinajstić information content (AvgIpc) is 3.37. The number of aliphatic hydroxyl groups is 1. The van der Waals surface area contributed by atoms with E-state index in [4.69, 9.17) is 4.74 Å². The zero-order valence-corrected chi connectivity index (χ0v) is 19.3. The predicted molar refractivity (Wildman–Crippen MR) is 130 cm³/mol. The molecule has 5 rings (SSSR count). The Balaban J connectivity index is 1.68. The summed E-state index contributed by atoms with van der Waals surface area (Å²) >= 11 is 1.06. The van der Waals surface area contributed by atoms with Crippen LogP contribution in [0.5, 0.6) is 11.5 Å². The molecule has 7 nitrogen and oxygen atoms in total. The predicted octanol–water partition coefficient (Wildman–Crippen LogP) is 5.17. The fourth-order valence-electron chi connectivity index (χ4n) is 4.02. The van der Waals surface area contributed by atoms with Crippen LogP contribution in [0.25, 0.3) is 16.0 Å². The van der Waals surface area contributed by atoms with Crippen LogP contribution in [0.2, 0.25) is 0 Å². The molecule has 0 spiro atoms. The van der Waals surface area contributed by atoms with Gasteiger partial charge in [0.15, 0.2) is 5.13 Å². The number of fused-ring (bicyclic) bond motifs is 1. The fourth-order valence-corrected chi connectivity index (χ4v) is 5.04. The van der Waals surface area contributed by atoms with Crippen molar-refractivity contribution in [1.82, 2.24) is 4.98 Å². The van der Waals surface area contributed by atoms with E-state index in [0.29, 0.717) is 33.7 Å². The van der Waals surface area contributed by atoms with Gasteiger partial charge in [-0.05, 0) is 67.1 Å². The number of hydrogen-bond acceptors (Lipinski definition) is 7. The van der Waals surface area contributed by atoms with Crippen molar-refractivity contribution in [2.24, 2.45) is 0 Å². The Hall–Kier alpha value is -4.24. The molecule has 1 fully saturated rings. The van der Waals surface area contributed by atoms with E-state index in [1.54, 1.807) is 36.4 Å². The molecule has 1 saturated heterocycles. The van der Waals surface area contributed by atoms with Crippen molar-refractivity contribution < 1.29 is 28.9 Å². The van der Waals surface area contributed by atoms with Crippen LogP contribution in [0.4, 0.5) is 9.52 Å². The molecule has 3 aromatic carbocycles. The quantitative estimate of drug-likeness (QED) is 0.228. The number of carbonyl (C=O) groups is 2. The first-order valence-electron chi connectivity index (χ1n) is 10.8. The zero-order valence-electron chi connectivity index (χ0n) is 18.4. The monoisotopic (exact) mass is 490 g/mol. The second-order valence-corrected chi connectivity index (χ2v) is 8.84. The van der Waals surface area contributed by atoms with E-state index in [-0.39, 0.29) is 22.2 Å². The van der Waals surface area contributed by atoms with E-state index >= 15 is 0 Å². The minimum atomic E-state index is -1.01. The first kappa shape index (κ1) is 22.5. The number of phenols is 1. The van der Waals surface area contributed by atoms with Crippen LogP contribution >= 0.6 is 11.3 Å². The number of amides is 1. The number of ketones is 1. The molecular formula is C26H19FN2O5S. The molecule has 35 heavy (non-hydrogen) atoms. The maximum atomic E-state index is 13.7. The van der Waals surface area contributed by atoms with Crippen LogP contribution < -0.4 is 9.64 Å². The van der Waals surface area contributed by atoms with Gasteiger partial charge in [0.1, 0.15) is 23.1 Å². The molecule has 1 atom stereocenters. The Labute approximate surface area is 203 Å². The van der Waals surface area contributed by atoms with E-state index in [9.17, 15) is 24.2 Å². The third kappa shape index (κ3) is 4.00. The van der Waals surface area contributed by atoms with Gasteiger partial charge in [-0.2, -0.15) is 0 Å². The summed E-state index contributed by atoms with van der Waals surface area (Å²) in [5.41, 5.74) is 1.18. The average molecular weight is 491 g/mol. The number of aromatic hydroxyl groups is 1. The molecule has 0 aliphatic carbocycles. The normalized spacial score (nSPS) is 17.3. The van der Waals surface area contributed by atoms with Gasteiger partial charge in [-0.25, -0.2) is 9.37 Å². The minimum Gasteiger partial charge on any atom is -0.508 e. The second-order valence-electron chi connectivity index (χ2n) is 7.83. The molecule has 176 valence electrons. The Morgan fingerprint density at radius 1 is 1.09 bits per heavy atom. The first-order valence-corrected chi connectivity index (χ1v) is 11.6.